The SMILES string of the molecule is CC(C)c1ccc(/C=C/C(=O)N2CCC3(O)CCCCC3C2c2ccc(F)cc2)cc1. The van der Waals surface area contributed by atoms with E-state index in [1.807, 2.05) is 23.1 Å². The Kier molecular flexibility index (Phi) is 6.29. The van der Waals surface area contributed by atoms with Crippen LogP contribution in [0.4, 0.5) is 4.39 Å². The van der Waals surface area contributed by atoms with Crippen LogP contribution in [0.3, 0.4) is 0 Å². The van der Waals surface area contributed by atoms with Gasteiger partial charge in [0.1, 0.15) is 5.82 Å². The van der Waals surface area contributed by atoms with Gasteiger partial charge in [-0.15, -0.1) is 0 Å². The van der Waals surface area contributed by atoms with Crippen molar-refractivity contribution in [3.63, 3.8) is 0 Å². The molecule has 1 aliphatic carbocycles. The highest BCUT2D eigenvalue weighted by molar-refractivity contribution is 5.92. The number of aliphatic hydroxyl groups is 1. The topological polar surface area (TPSA) is 40.5 Å². The summed E-state index contributed by atoms with van der Waals surface area (Å²) in [6, 6.07) is 14.4. The molecule has 3 unspecified atom stereocenters. The summed E-state index contributed by atoms with van der Waals surface area (Å²) >= 11 is 0. The van der Waals surface area contributed by atoms with Gasteiger partial charge >= 0.3 is 0 Å². The molecule has 2 fully saturated rings. The Morgan fingerprint density at radius 1 is 1.10 bits per heavy atom. The van der Waals surface area contributed by atoms with Gasteiger partial charge in [0.15, 0.2) is 0 Å². The highest BCUT2D eigenvalue weighted by atomic mass is 19.1. The Morgan fingerprint density at radius 2 is 1.81 bits per heavy atom. The number of nitrogens with zero attached hydrogens (tertiary/aromatic N) is 1. The van der Waals surface area contributed by atoms with Crippen LogP contribution >= 0.6 is 0 Å². The summed E-state index contributed by atoms with van der Waals surface area (Å²) in [5.41, 5.74) is 2.41. The number of carbonyl (C=O) groups is 1. The number of piperidine rings is 1. The van der Waals surface area contributed by atoms with E-state index in [0.717, 1.165) is 36.8 Å². The number of halogens is 1. The molecule has 4 rings (SSSR count). The smallest absolute Gasteiger partial charge is 0.247 e. The maximum Gasteiger partial charge on any atom is 0.247 e. The molecule has 2 aliphatic rings. The summed E-state index contributed by atoms with van der Waals surface area (Å²) in [6.07, 6.45) is 7.80. The van der Waals surface area contributed by atoms with Crippen LogP contribution in [-0.2, 0) is 4.79 Å². The van der Waals surface area contributed by atoms with Crippen molar-refractivity contribution < 1.29 is 14.3 Å². The van der Waals surface area contributed by atoms with Gasteiger partial charge in [-0.1, -0.05) is 63.1 Å². The monoisotopic (exact) mass is 421 g/mol. The molecule has 164 valence electrons. The van der Waals surface area contributed by atoms with Crippen LogP contribution in [0, 0.1) is 11.7 Å². The predicted molar refractivity (Wildman–Crippen MR) is 122 cm³/mol. The van der Waals surface area contributed by atoms with E-state index in [1.165, 1.54) is 17.7 Å². The lowest BCUT2D eigenvalue weighted by Gasteiger charge is -2.52. The minimum Gasteiger partial charge on any atom is -0.389 e. The fourth-order valence-electron chi connectivity index (χ4n) is 5.26. The van der Waals surface area contributed by atoms with Crippen LogP contribution in [0.1, 0.15) is 74.6 Å². The third-order valence-electron chi connectivity index (χ3n) is 7.08. The number of likely N-dealkylation sites (tertiary alicyclic amines) is 1. The molecule has 0 aromatic heterocycles. The Balaban J connectivity index is 1.60. The first-order valence-corrected chi connectivity index (χ1v) is 11.4. The summed E-state index contributed by atoms with van der Waals surface area (Å²) in [4.78, 5) is 15.1. The normalized spacial score (nSPS) is 26.3. The summed E-state index contributed by atoms with van der Waals surface area (Å²) < 4.78 is 13.6. The highest BCUT2D eigenvalue weighted by Crippen LogP contribution is 2.49. The Bertz CT molecular complexity index is 935. The standard InChI is InChI=1S/C27H32FNO2/c1-19(2)21-9-6-20(7-10-21)8-15-25(30)29-18-17-27(31)16-4-3-5-24(27)26(29)22-11-13-23(28)14-12-22/h6-15,19,24,26,31H,3-5,16-18H2,1-2H3/b15-8+. The van der Waals surface area contributed by atoms with Crippen LogP contribution in [0.5, 0.6) is 0 Å². The van der Waals surface area contributed by atoms with Crippen LogP contribution in [-0.4, -0.2) is 28.1 Å². The third kappa shape index (κ3) is 4.59. The van der Waals surface area contributed by atoms with Gasteiger partial charge in [0, 0.05) is 18.5 Å². The molecule has 1 aliphatic heterocycles. The molecule has 1 heterocycles. The predicted octanol–water partition coefficient (Wildman–Crippen LogP) is 5.86. The maximum absolute atomic E-state index is 13.6. The lowest BCUT2D eigenvalue weighted by molar-refractivity contribution is -0.150. The number of hydrogen-bond acceptors (Lipinski definition) is 2. The van der Waals surface area contributed by atoms with Crippen molar-refractivity contribution in [1.29, 1.82) is 0 Å². The minimum atomic E-state index is -0.746. The number of benzene rings is 2. The first-order chi connectivity index (χ1) is 14.9. The van der Waals surface area contributed by atoms with E-state index in [2.05, 4.69) is 26.0 Å². The summed E-state index contributed by atoms with van der Waals surface area (Å²) in [7, 11) is 0. The number of rotatable bonds is 4. The van der Waals surface area contributed by atoms with Crippen molar-refractivity contribution in [3.8, 4) is 0 Å². The Hall–Kier alpha value is -2.46. The van der Waals surface area contributed by atoms with E-state index in [-0.39, 0.29) is 23.7 Å². The van der Waals surface area contributed by atoms with Crippen molar-refractivity contribution in [1.82, 2.24) is 4.90 Å². The molecule has 2 aromatic rings. The van der Waals surface area contributed by atoms with Gasteiger partial charge in [-0.2, -0.15) is 0 Å². The molecule has 1 saturated carbocycles. The lowest BCUT2D eigenvalue weighted by atomic mass is 9.66. The van der Waals surface area contributed by atoms with Gasteiger partial charge < -0.3 is 10.0 Å². The van der Waals surface area contributed by atoms with Crippen LogP contribution < -0.4 is 0 Å². The van der Waals surface area contributed by atoms with E-state index in [0.29, 0.717) is 18.9 Å². The highest BCUT2D eigenvalue weighted by Gasteiger charge is 2.49. The zero-order valence-corrected chi connectivity index (χ0v) is 18.4. The van der Waals surface area contributed by atoms with E-state index in [9.17, 15) is 14.3 Å². The van der Waals surface area contributed by atoms with Crippen molar-refractivity contribution in [3.05, 3.63) is 77.1 Å². The van der Waals surface area contributed by atoms with Crippen LogP contribution in [0.15, 0.2) is 54.6 Å². The molecule has 2 aromatic carbocycles. The average Bonchev–Trinajstić information content (AvgIpc) is 2.77. The largest absolute Gasteiger partial charge is 0.389 e. The van der Waals surface area contributed by atoms with Crippen molar-refractivity contribution in [2.75, 3.05) is 6.54 Å². The average molecular weight is 422 g/mol. The van der Waals surface area contributed by atoms with Gasteiger partial charge in [0.25, 0.3) is 0 Å². The van der Waals surface area contributed by atoms with Gasteiger partial charge in [-0.25, -0.2) is 4.39 Å². The van der Waals surface area contributed by atoms with E-state index in [1.54, 1.807) is 18.2 Å². The minimum absolute atomic E-state index is 0.0249. The molecule has 3 nitrogen and oxygen atoms in total. The maximum atomic E-state index is 13.6. The van der Waals surface area contributed by atoms with Gasteiger partial charge in [-0.3, -0.25) is 4.79 Å². The molecule has 0 spiro atoms. The molecule has 31 heavy (non-hydrogen) atoms. The summed E-state index contributed by atoms with van der Waals surface area (Å²) in [6.45, 7) is 4.82. The molecule has 3 atom stereocenters. The van der Waals surface area contributed by atoms with Crippen LogP contribution in [0.2, 0.25) is 0 Å². The lowest BCUT2D eigenvalue weighted by Crippen LogP contribution is -2.56. The van der Waals surface area contributed by atoms with Crippen molar-refractivity contribution >= 4 is 12.0 Å². The second-order valence-electron chi connectivity index (χ2n) is 9.39. The zero-order chi connectivity index (χ0) is 22.0. The van der Waals surface area contributed by atoms with Gasteiger partial charge in [0.05, 0.1) is 11.6 Å². The van der Waals surface area contributed by atoms with Crippen LogP contribution in [0.25, 0.3) is 6.08 Å². The Morgan fingerprint density at radius 3 is 2.48 bits per heavy atom. The van der Waals surface area contributed by atoms with Crippen molar-refractivity contribution in [2.45, 2.75) is 63.5 Å². The molecular formula is C27H32FNO2. The second-order valence-corrected chi connectivity index (χ2v) is 9.39. The molecule has 1 saturated heterocycles. The fraction of sp³-hybridized carbons (Fsp3) is 0.444. The first kappa shape index (κ1) is 21.8. The van der Waals surface area contributed by atoms with E-state index < -0.39 is 5.60 Å². The number of carbonyl (C=O) groups excluding carboxylic acids is 1. The summed E-state index contributed by atoms with van der Waals surface area (Å²) in [5.74, 6) is 0.0952. The van der Waals surface area contributed by atoms with E-state index in [4.69, 9.17) is 0 Å². The van der Waals surface area contributed by atoms with Gasteiger partial charge in [0.2, 0.25) is 5.91 Å². The summed E-state index contributed by atoms with van der Waals surface area (Å²) in [5, 5.41) is 11.3. The first-order valence-electron chi connectivity index (χ1n) is 11.4. The molecule has 0 radical (unpaired) electrons. The molecule has 0 bridgehead atoms. The van der Waals surface area contributed by atoms with E-state index >= 15 is 0 Å². The molecule has 1 amide bonds. The number of amides is 1. The number of fused-ring (bicyclic) bond motifs is 1. The number of hydrogen-bond donors (Lipinski definition) is 1. The third-order valence-corrected chi connectivity index (χ3v) is 7.08. The zero-order valence-electron chi connectivity index (χ0n) is 18.4. The fourth-order valence-corrected chi connectivity index (χ4v) is 5.26. The second kappa shape index (κ2) is 8.96. The van der Waals surface area contributed by atoms with Gasteiger partial charge in [-0.05, 0) is 60.1 Å². The quantitative estimate of drug-likeness (QED) is 0.629. The molecule has 4 heteroatoms. The molecule has 1 N–H and O–H groups in total. The Labute approximate surface area is 184 Å². The van der Waals surface area contributed by atoms with Crippen molar-refractivity contribution in [2.24, 2.45) is 5.92 Å². The molecular weight excluding hydrogens is 389 g/mol.